The van der Waals surface area contributed by atoms with E-state index >= 15 is 0 Å². The van der Waals surface area contributed by atoms with Gasteiger partial charge in [-0.25, -0.2) is 0 Å². The van der Waals surface area contributed by atoms with Crippen molar-refractivity contribution in [3.05, 3.63) is 84.7 Å². The highest BCUT2D eigenvalue weighted by atomic mass is 15.1. The second-order valence-electron chi connectivity index (χ2n) is 5.99. The van der Waals surface area contributed by atoms with Crippen molar-refractivity contribution < 1.29 is 0 Å². The van der Waals surface area contributed by atoms with Crippen LogP contribution >= 0.6 is 0 Å². The van der Waals surface area contributed by atoms with Crippen LogP contribution in [0.1, 0.15) is 12.5 Å². The number of rotatable bonds is 4. The third-order valence-corrected chi connectivity index (χ3v) is 4.42. The van der Waals surface area contributed by atoms with Gasteiger partial charge in [0.05, 0.1) is 5.69 Å². The predicted molar refractivity (Wildman–Crippen MR) is 102 cm³/mol. The maximum absolute atomic E-state index is 4.42. The fourth-order valence-electron chi connectivity index (χ4n) is 3.01. The van der Waals surface area contributed by atoms with Gasteiger partial charge in [-0.15, -0.1) is 0 Å². The van der Waals surface area contributed by atoms with Gasteiger partial charge in [0.25, 0.3) is 0 Å². The Labute approximate surface area is 147 Å². The summed E-state index contributed by atoms with van der Waals surface area (Å²) in [5, 5.41) is 7.38. The highest BCUT2D eigenvalue weighted by Gasteiger charge is 2.12. The number of hydrogen-bond donors (Lipinski definition) is 1. The van der Waals surface area contributed by atoms with Gasteiger partial charge in [0.1, 0.15) is 5.69 Å². The first kappa shape index (κ1) is 15.3. The minimum Gasteiger partial charge on any atom is -0.284 e. The van der Waals surface area contributed by atoms with Gasteiger partial charge in [-0.3, -0.25) is 10.1 Å². The van der Waals surface area contributed by atoms with Crippen LogP contribution in [0.4, 0.5) is 0 Å². The molecule has 0 radical (unpaired) electrons. The summed E-state index contributed by atoms with van der Waals surface area (Å²) in [5.74, 6) is 0. The quantitative estimate of drug-likeness (QED) is 0.548. The molecule has 0 atom stereocenters. The lowest BCUT2D eigenvalue weighted by molar-refractivity contribution is 1.09. The Morgan fingerprint density at radius 1 is 0.840 bits per heavy atom. The number of nitrogens with zero attached hydrogens (tertiary/aromatic N) is 2. The highest BCUT2D eigenvalue weighted by molar-refractivity contribution is 5.81. The van der Waals surface area contributed by atoms with E-state index in [9.17, 15) is 0 Å². The molecule has 0 unspecified atom stereocenters. The van der Waals surface area contributed by atoms with E-state index in [1.165, 1.54) is 16.7 Å². The van der Waals surface area contributed by atoms with Crippen molar-refractivity contribution in [2.75, 3.05) is 0 Å². The van der Waals surface area contributed by atoms with Crippen molar-refractivity contribution in [2.24, 2.45) is 0 Å². The first-order chi connectivity index (χ1) is 12.3. The zero-order valence-corrected chi connectivity index (χ0v) is 14.1. The first-order valence-corrected chi connectivity index (χ1v) is 8.50. The van der Waals surface area contributed by atoms with Gasteiger partial charge >= 0.3 is 0 Å². The summed E-state index contributed by atoms with van der Waals surface area (Å²) >= 11 is 0. The zero-order valence-electron chi connectivity index (χ0n) is 14.1. The molecular formula is C22H19N3. The molecule has 0 spiro atoms. The molecule has 4 aromatic rings. The first-order valence-electron chi connectivity index (χ1n) is 8.50. The number of hydrogen-bond acceptors (Lipinski definition) is 2. The Kier molecular flexibility index (Phi) is 4.13. The minimum absolute atomic E-state index is 0.872. The lowest BCUT2D eigenvalue weighted by Gasteiger charge is -2.07. The summed E-state index contributed by atoms with van der Waals surface area (Å²) in [6.07, 6.45) is 4.78. The number of nitrogens with one attached hydrogen (secondary N) is 1. The molecule has 122 valence electrons. The van der Waals surface area contributed by atoms with Gasteiger partial charge in [0, 0.05) is 18.0 Å². The summed E-state index contributed by atoms with van der Waals surface area (Å²) in [6.45, 7) is 2.17. The van der Waals surface area contributed by atoms with Gasteiger partial charge < -0.3 is 0 Å². The van der Waals surface area contributed by atoms with Crippen LogP contribution in [0.25, 0.3) is 33.6 Å². The SMILES string of the molecule is CCc1ccc(-c2cccc(-c3c[nH]nc3-c3ccccn3)c2)cc1. The largest absolute Gasteiger partial charge is 0.284 e. The van der Waals surface area contributed by atoms with Crippen molar-refractivity contribution in [3.8, 4) is 33.6 Å². The topological polar surface area (TPSA) is 41.6 Å². The molecule has 1 N–H and O–H groups in total. The third-order valence-electron chi connectivity index (χ3n) is 4.42. The van der Waals surface area contributed by atoms with E-state index in [-0.39, 0.29) is 0 Å². The van der Waals surface area contributed by atoms with Gasteiger partial charge in [-0.2, -0.15) is 5.10 Å². The summed E-state index contributed by atoms with van der Waals surface area (Å²) in [7, 11) is 0. The molecule has 2 aromatic heterocycles. The van der Waals surface area contributed by atoms with E-state index in [1.54, 1.807) is 6.20 Å². The van der Waals surface area contributed by atoms with Crippen molar-refractivity contribution in [1.82, 2.24) is 15.2 Å². The summed E-state index contributed by atoms with van der Waals surface area (Å²) in [4.78, 5) is 4.42. The normalized spacial score (nSPS) is 10.8. The lowest BCUT2D eigenvalue weighted by Crippen LogP contribution is -1.87. The maximum Gasteiger partial charge on any atom is 0.118 e. The van der Waals surface area contributed by atoms with Gasteiger partial charge in [-0.05, 0) is 46.9 Å². The average Bonchev–Trinajstić information content (AvgIpc) is 3.19. The van der Waals surface area contributed by atoms with Crippen LogP contribution in [0.15, 0.2) is 79.1 Å². The van der Waals surface area contributed by atoms with E-state index in [0.29, 0.717) is 0 Å². The number of benzene rings is 2. The molecule has 3 nitrogen and oxygen atoms in total. The molecule has 0 saturated carbocycles. The second kappa shape index (κ2) is 6.73. The van der Waals surface area contributed by atoms with Crippen LogP contribution < -0.4 is 0 Å². The second-order valence-corrected chi connectivity index (χ2v) is 5.99. The summed E-state index contributed by atoms with van der Waals surface area (Å²) < 4.78 is 0. The summed E-state index contributed by atoms with van der Waals surface area (Å²) in [6, 6.07) is 23.2. The van der Waals surface area contributed by atoms with E-state index in [0.717, 1.165) is 28.9 Å². The van der Waals surface area contributed by atoms with Crippen molar-refractivity contribution >= 4 is 0 Å². The summed E-state index contributed by atoms with van der Waals surface area (Å²) in [5.41, 5.74) is 7.72. The predicted octanol–water partition coefficient (Wildman–Crippen LogP) is 5.37. The molecule has 25 heavy (non-hydrogen) atoms. The average molecular weight is 325 g/mol. The maximum atomic E-state index is 4.42. The Balaban J connectivity index is 1.74. The van der Waals surface area contributed by atoms with Crippen LogP contribution in [0, 0.1) is 0 Å². The molecule has 0 bridgehead atoms. The smallest absolute Gasteiger partial charge is 0.118 e. The van der Waals surface area contributed by atoms with Crippen molar-refractivity contribution in [1.29, 1.82) is 0 Å². The van der Waals surface area contributed by atoms with E-state index in [2.05, 4.69) is 70.6 Å². The van der Waals surface area contributed by atoms with Crippen LogP contribution in [-0.2, 0) is 6.42 Å². The molecule has 0 aliphatic rings. The molecule has 2 heterocycles. The number of pyridine rings is 1. The molecule has 0 aliphatic heterocycles. The van der Waals surface area contributed by atoms with Crippen LogP contribution in [0.2, 0.25) is 0 Å². The molecule has 0 aliphatic carbocycles. The zero-order chi connectivity index (χ0) is 17.1. The Morgan fingerprint density at radius 2 is 1.68 bits per heavy atom. The molecule has 0 amide bonds. The van der Waals surface area contributed by atoms with Gasteiger partial charge in [-0.1, -0.05) is 55.5 Å². The molecule has 2 aromatic carbocycles. The fourth-order valence-corrected chi connectivity index (χ4v) is 3.01. The molecule has 3 heteroatoms. The third kappa shape index (κ3) is 3.09. The van der Waals surface area contributed by atoms with Gasteiger partial charge in [0.15, 0.2) is 0 Å². The van der Waals surface area contributed by atoms with Crippen molar-refractivity contribution in [2.45, 2.75) is 13.3 Å². The van der Waals surface area contributed by atoms with Gasteiger partial charge in [0.2, 0.25) is 0 Å². The molecular weight excluding hydrogens is 306 g/mol. The Hall–Kier alpha value is -3.20. The number of H-pyrrole nitrogens is 1. The number of aromatic amines is 1. The number of aromatic nitrogens is 3. The van der Waals surface area contributed by atoms with E-state index in [4.69, 9.17) is 0 Å². The van der Waals surface area contributed by atoms with Crippen molar-refractivity contribution in [3.63, 3.8) is 0 Å². The van der Waals surface area contributed by atoms with Crippen LogP contribution in [0.3, 0.4) is 0 Å². The standard InChI is InChI=1S/C22H19N3/c1-2-16-9-11-17(12-10-16)18-6-5-7-19(14-18)20-15-24-25-22(20)21-8-3-4-13-23-21/h3-15H,2H2,1H3,(H,24,25). The molecule has 4 rings (SSSR count). The van der Waals surface area contributed by atoms with E-state index < -0.39 is 0 Å². The lowest BCUT2D eigenvalue weighted by atomic mass is 9.98. The Bertz CT molecular complexity index is 970. The molecule has 0 fully saturated rings. The van der Waals surface area contributed by atoms with Crippen LogP contribution in [-0.4, -0.2) is 15.2 Å². The molecule has 0 saturated heterocycles. The highest BCUT2D eigenvalue weighted by Crippen LogP contribution is 2.31. The number of aryl methyl sites for hydroxylation is 1. The minimum atomic E-state index is 0.872. The van der Waals surface area contributed by atoms with E-state index in [1.807, 2.05) is 24.4 Å². The van der Waals surface area contributed by atoms with Crippen LogP contribution in [0.5, 0.6) is 0 Å². The Morgan fingerprint density at radius 3 is 2.44 bits per heavy atom. The fraction of sp³-hybridized carbons (Fsp3) is 0.0909. The monoisotopic (exact) mass is 325 g/mol.